The lowest BCUT2D eigenvalue weighted by Gasteiger charge is -2.17. The van der Waals surface area contributed by atoms with Gasteiger partial charge >= 0.3 is 0 Å². The smallest absolute Gasteiger partial charge is 0.123 e. The average Bonchev–Trinajstić information content (AvgIpc) is 2.44. The molecule has 0 saturated carbocycles. The quantitative estimate of drug-likeness (QED) is 0.808. The SMILES string of the molecule is Cc1ccc(F)cc1CNC(CCl)c1ccccc1. The number of alkyl halides is 1. The first kappa shape index (κ1) is 14.0. The van der Waals surface area contributed by atoms with Crippen molar-refractivity contribution in [3.05, 3.63) is 71.0 Å². The molecule has 0 fully saturated rings. The highest BCUT2D eigenvalue weighted by Crippen LogP contribution is 2.16. The molecular formula is C16H17ClFN. The van der Waals surface area contributed by atoms with E-state index in [0.717, 1.165) is 16.7 Å². The minimum absolute atomic E-state index is 0.0746. The molecule has 19 heavy (non-hydrogen) atoms. The molecule has 0 amide bonds. The van der Waals surface area contributed by atoms with Crippen molar-refractivity contribution in [1.82, 2.24) is 5.32 Å². The lowest BCUT2D eigenvalue weighted by atomic mass is 10.1. The van der Waals surface area contributed by atoms with Crippen molar-refractivity contribution in [3.8, 4) is 0 Å². The predicted octanol–water partition coefficient (Wildman–Crippen LogP) is 4.20. The topological polar surface area (TPSA) is 12.0 Å². The van der Waals surface area contributed by atoms with Gasteiger partial charge in [0.2, 0.25) is 0 Å². The molecule has 0 saturated heterocycles. The summed E-state index contributed by atoms with van der Waals surface area (Å²) in [5, 5.41) is 3.37. The van der Waals surface area contributed by atoms with Gasteiger partial charge < -0.3 is 5.32 Å². The van der Waals surface area contributed by atoms with Gasteiger partial charge in [-0.05, 0) is 35.7 Å². The van der Waals surface area contributed by atoms with Crippen LogP contribution < -0.4 is 5.32 Å². The molecule has 100 valence electrons. The van der Waals surface area contributed by atoms with Gasteiger partial charge in [-0.15, -0.1) is 11.6 Å². The summed E-state index contributed by atoms with van der Waals surface area (Å²) in [5.41, 5.74) is 3.19. The Bertz CT molecular complexity index is 528. The van der Waals surface area contributed by atoms with Crippen molar-refractivity contribution in [1.29, 1.82) is 0 Å². The standard InChI is InChI=1S/C16H17ClFN/c1-12-7-8-15(18)9-14(12)11-19-16(10-17)13-5-3-2-4-6-13/h2-9,16,19H,10-11H2,1H3. The molecule has 0 heterocycles. The van der Waals surface area contributed by atoms with E-state index in [1.165, 1.54) is 6.07 Å². The van der Waals surface area contributed by atoms with Crippen LogP contribution >= 0.6 is 11.6 Å². The Kier molecular flexibility index (Phi) is 4.94. The molecule has 2 rings (SSSR count). The maximum Gasteiger partial charge on any atom is 0.123 e. The van der Waals surface area contributed by atoms with Gasteiger partial charge in [0.15, 0.2) is 0 Å². The van der Waals surface area contributed by atoms with Gasteiger partial charge in [0.25, 0.3) is 0 Å². The Morgan fingerprint density at radius 1 is 1.16 bits per heavy atom. The number of nitrogens with one attached hydrogen (secondary N) is 1. The number of rotatable bonds is 5. The molecule has 1 atom stereocenters. The fourth-order valence-corrected chi connectivity index (χ4v) is 2.30. The number of hydrogen-bond acceptors (Lipinski definition) is 1. The summed E-state index contributed by atoms with van der Waals surface area (Å²) >= 11 is 6.00. The van der Waals surface area contributed by atoms with Crippen LogP contribution in [0.2, 0.25) is 0 Å². The normalized spacial score (nSPS) is 12.4. The zero-order valence-corrected chi connectivity index (χ0v) is 11.6. The second-order valence-electron chi connectivity index (χ2n) is 4.57. The van der Waals surface area contributed by atoms with E-state index in [-0.39, 0.29) is 11.9 Å². The second-order valence-corrected chi connectivity index (χ2v) is 4.88. The van der Waals surface area contributed by atoms with Crippen LogP contribution in [0.4, 0.5) is 4.39 Å². The summed E-state index contributed by atoms with van der Waals surface area (Å²) < 4.78 is 13.2. The van der Waals surface area contributed by atoms with Crippen LogP contribution in [0.25, 0.3) is 0 Å². The highest BCUT2D eigenvalue weighted by Gasteiger charge is 2.10. The van der Waals surface area contributed by atoms with E-state index in [0.29, 0.717) is 12.4 Å². The molecule has 0 spiro atoms. The molecule has 0 radical (unpaired) electrons. The van der Waals surface area contributed by atoms with Crippen molar-refractivity contribution in [2.45, 2.75) is 19.5 Å². The molecule has 1 unspecified atom stereocenters. The van der Waals surface area contributed by atoms with Crippen molar-refractivity contribution in [2.75, 3.05) is 5.88 Å². The minimum atomic E-state index is -0.204. The van der Waals surface area contributed by atoms with E-state index in [9.17, 15) is 4.39 Å². The number of aryl methyl sites for hydroxylation is 1. The third kappa shape index (κ3) is 3.79. The van der Waals surface area contributed by atoms with Gasteiger partial charge in [0.1, 0.15) is 5.82 Å². The van der Waals surface area contributed by atoms with Gasteiger partial charge in [0.05, 0.1) is 0 Å². The first-order chi connectivity index (χ1) is 9.20. The van der Waals surface area contributed by atoms with E-state index < -0.39 is 0 Å². The van der Waals surface area contributed by atoms with E-state index in [2.05, 4.69) is 5.32 Å². The lowest BCUT2D eigenvalue weighted by molar-refractivity contribution is 0.572. The van der Waals surface area contributed by atoms with E-state index in [1.807, 2.05) is 37.3 Å². The molecule has 0 aromatic heterocycles. The summed E-state index contributed by atoms with van der Waals surface area (Å²) in [6.07, 6.45) is 0. The Balaban J connectivity index is 2.06. The molecule has 0 aliphatic carbocycles. The van der Waals surface area contributed by atoms with Crippen LogP contribution in [-0.4, -0.2) is 5.88 Å². The molecule has 2 aromatic rings. The first-order valence-corrected chi connectivity index (χ1v) is 6.83. The van der Waals surface area contributed by atoms with Crippen molar-refractivity contribution in [2.24, 2.45) is 0 Å². The van der Waals surface area contributed by atoms with Gasteiger partial charge in [0, 0.05) is 18.5 Å². The largest absolute Gasteiger partial charge is 0.305 e. The summed E-state index contributed by atoms with van der Waals surface area (Å²) in [5.74, 6) is 0.280. The molecule has 0 bridgehead atoms. The zero-order valence-electron chi connectivity index (χ0n) is 10.9. The van der Waals surface area contributed by atoms with Crippen LogP contribution in [0.5, 0.6) is 0 Å². The van der Waals surface area contributed by atoms with Crippen LogP contribution in [0.15, 0.2) is 48.5 Å². The second kappa shape index (κ2) is 6.69. The third-order valence-electron chi connectivity index (χ3n) is 3.21. The maximum absolute atomic E-state index is 13.2. The average molecular weight is 278 g/mol. The van der Waals surface area contributed by atoms with Crippen LogP contribution in [0.1, 0.15) is 22.7 Å². The lowest BCUT2D eigenvalue weighted by Crippen LogP contribution is -2.22. The summed E-state index contributed by atoms with van der Waals surface area (Å²) in [7, 11) is 0. The van der Waals surface area contributed by atoms with Crippen LogP contribution in [0.3, 0.4) is 0 Å². The predicted molar refractivity (Wildman–Crippen MR) is 77.9 cm³/mol. The molecule has 0 aliphatic rings. The third-order valence-corrected chi connectivity index (χ3v) is 3.51. The number of hydrogen-bond donors (Lipinski definition) is 1. The minimum Gasteiger partial charge on any atom is -0.305 e. The Morgan fingerprint density at radius 2 is 1.89 bits per heavy atom. The van der Waals surface area contributed by atoms with Gasteiger partial charge in [-0.25, -0.2) is 4.39 Å². The number of benzene rings is 2. The van der Waals surface area contributed by atoms with Gasteiger partial charge in [-0.1, -0.05) is 36.4 Å². The maximum atomic E-state index is 13.2. The summed E-state index contributed by atoms with van der Waals surface area (Å²) in [6.45, 7) is 2.59. The Labute approximate surface area is 118 Å². The zero-order chi connectivity index (χ0) is 13.7. The number of halogens is 2. The molecule has 3 heteroatoms. The highest BCUT2D eigenvalue weighted by molar-refractivity contribution is 6.18. The first-order valence-electron chi connectivity index (χ1n) is 6.30. The van der Waals surface area contributed by atoms with E-state index >= 15 is 0 Å². The van der Waals surface area contributed by atoms with E-state index in [4.69, 9.17) is 11.6 Å². The molecule has 2 aromatic carbocycles. The highest BCUT2D eigenvalue weighted by atomic mass is 35.5. The van der Waals surface area contributed by atoms with Crippen molar-refractivity contribution < 1.29 is 4.39 Å². The van der Waals surface area contributed by atoms with E-state index in [1.54, 1.807) is 12.1 Å². The summed E-state index contributed by atoms with van der Waals surface area (Å²) in [6, 6.07) is 15.0. The van der Waals surface area contributed by atoms with Crippen LogP contribution in [0, 0.1) is 12.7 Å². The molecule has 1 N–H and O–H groups in total. The molecular weight excluding hydrogens is 261 g/mol. The van der Waals surface area contributed by atoms with Crippen molar-refractivity contribution in [3.63, 3.8) is 0 Å². The van der Waals surface area contributed by atoms with Crippen LogP contribution in [-0.2, 0) is 6.54 Å². The molecule has 1 nitrogen and oxygen atoms in total. The van der Waals surface area contributed by atoms with Gasteiger partial charge in [-0.2, -0.15) is 0 Å². The monoisotopic (exact) mass is 277 g/mol. The fourth-order valence-electron chi connectivity index (χ4n) is 2.01. The van der Waals surface area contributed by atoms with Crippen molar-refractivity contribution >= 4 is 11.6 Å². The fraction of sp³-hybridized carbons (Fsp3) is 0.250. The Hall–Kier alpha value is -1.38. The summed E-state index contributed by atoms with van der Waals surface area (Å²) in [4.78, 5) is 0. The van der Waals surface area contributed by atoms with Gasteiger partial charge in [-0.3, -0.25) is 0 Å². The Morgan fingerprint density at radius 3 is 2.58 bits per heavy atom. The molecule has 0 aliphatic heterocycles.